The van der Waals surface area contributed by atoms with Gasteiger partial charge in [0.2, 0.25) is 0 Å². The molecule has 2 heterocycles. The molecular weight excluding hydrogens is 194 g/mol. The molecule has 1 saturated heterocycles. The summed E-state index contributed by atoms with van der Waals surface area (Å²) in [6.07, 6.45) is 3.92. The first kappa shape index (κ1) is 10.4. The molecule has 1 N–H and O–H groups in total. The Bertz CT molecular complexity index is 334. The summed E-state index contributed by atoms with van der Waals surface area (Å²) in [5, 5.41) is 10.2. The molecule has 0 amide bonds. The molecule has 0 aromatic carbocycles. The predicted molar refractivity (Wildman–Crippen MR) is 54.7 cm³/mol. The number of pyridine rings is 1. The molecule has 1 atom stereocenters. The van der Waals surface area contributed by atoms with Crippen LogP contribution in [0, 0.1) is 0 Å². The lowest BCUT2D eigenvalue weighted by atomic mass is 9.95. The summed E-state index contributed by atoms with van der Waals surface area (Å²) in [5.41, 5.74) is -0.119. The Balaban J connectivity index is 2.23. The lowest BCUT2D eigenvalue weighted by Gasteiger charge is -2.20. The highest BCUT2D eigenvalue weighted by Crippen LogP contribution is 2.31. The molecular formula is C11H15NO3. The fourth-order valence-electron chi connectivity index (χ4n) is 1.70. The van der Waals surface area contributed by atoms with E-state index in [4.69, 9.17) is 9.47 Å². The molecule has 0 spiro atoms. The van der Waals surface area contributed by atoms with Crippen molar-refractivity contribution in [1.29, 1.82) is 0 Å². The molecule has 2 rings (SSSR count). The quantitative estimate of drug-likeness (QED) is 0.809. The zero-order chi connectivity index (χ0) is 10.7. The molecule has 1 aromatic rings. The molecule has 1 aliphatic heterocycles. The van der Waals surface area contributed by atoms with Gasteiger partial charge >= 0.3 is 0 Å². The van der Waals surface area contributed by atoms with Crippen molar-refractivity contribution in [2.45, 2.75) is 18.9 Å². The molecule has 1 aromatic heterocycles. The first-order chi connectivity index (χ1) is 7.24. The first-order valence-electron chi connectivity index (χ1n) is 5.13. The zero-order valence-electron chi connectivity index (χ0n) is 8.77. The third kappa shape index (κ3) is 2.11. The summed E-state index contributed by atoms with van der Waals surface area (Å²) >= 11 is 0. The van der Waals surface area contributed by atoms with Gasteiger partial charge in [0.05, 0.1) is 19.4 Å². The monoisotopic (exact) mass is 209 g/mol. The van der Waals surface area contributed by atoms with Gasteiger partial charge in [-0.15, -0.1) is 0 Å². The van der Waals surface area contributed by atoms with Crippen LogP contribution in [0.3, 0.4) is 0 Å². The zero-order valence-corrected chi connectivity index (χ0v) is 8.77. The van der Waals surface area contributed by atoms with Gasteiger partial charge in [-0.05, 0) is 13.0 Å². The Morgan fingerprint density at radius 3 is 3.13 bits per heavy atom. The van der Waals surface area contributed by atoms with Crippen molar-refractivity contribution >= 4 is 0 Å². The van der Waals surface area contributed by atoms with Crippen LogP contribution in [0.5, 0.6) is 5.75 Å². The fourth-order valence-corrected chi connectivity index (χ4v) is 1.70. The number of hydrogen-bond donors (Lipinski definition) is 1. The average molecular weight is 209 g/mol. The van der Waals surface area contributed by atoms with Crippen molar-refractivity contribution in [3.05, 3.63) is 24.0 Å². The van der Waals surface area contributed by atoms with Crippen LogP contribution >= 0.6 is 0 Å². The highest BCUT2D eigenvalue weighted by atomic mass is 16.5. The van der Waals surface area contributed by atoms with Gasteiger partial charge in [-0.2, -0.15) is 0 Å². The van der Waals surface area contributed by atoms with Gasteiger partial charge in [-0.1, -0.05) is 0 Å². The van der Waals surface area contributed by atoms with Gasteiger partial charge in [0.15, 0.2) is 0 Å². The molecule has 0 saturated carbocycles. The SMILES string of the molecule is CCOc1cncc(C2(O)CCOC2)c1. The Morgan fingerprint density at radius 2 is 2.47 bits per heavy atom. The van der Waals surface area contributed by atoms with E-state index in [-0.39, 0.29) is 0 Å². The number of hydrogen-bond acceptors (Lipinski definition) is 4. The highest BCUT2D eigenvalue weighted by molar-refractivity contribution is 5.28. The predicted octanol–water partition coefficient (Wildman–Crippen LogP) is 1.09. The van der Waals surface area contributed by atoms with E-state index < -0.39 is 5.60 Å². The van der Waals surface area contributed by atoms with Crippen molar-refractivity contribution in [2.24, 2.45) is 0 Å². The van der Waals surface area contributed by atoms with Crippen LogP contribution in [-0.4, -0.2) is 29.9 Å². The second-order valence-electron chi connectivity index (χ2n) is 3.68. The van der Waals surface area contributed by atoms with Crippen LogP contribution in [0.2, 0.25) is 0 Å². The van der Waals surface area contributed by atoms with Gasteiger partial charge in [0.1, 0.15) is 11.4 Å². The normalized spacial score (nSPS) is 25.5. The minimum absolute atomic E-state index is 0.338. The van der Waals surface area contributed by atoms with Crippen molar-refractivity contribution < 1.29 is 14.6 Å². The fraction of sp³-hybridized carbons (Fsp3) is 0.545. The second kappa shape index (κ2) is 4.16. The van der Waals surface area contributed by atoms with Crippen molar-refractivity contribution in [1.82, 2.24) is 4.98 Å². The molecule has 1 unspecified atom stereocenters. The summed E-state index contributed by atoms with van der Waals surface area (Å²) < 4.78 is 10.5. The molecule has 4 heteroatoms. The van der Waals surface area contributed by atoms with Gasteiger partial charge in [-0.25, -0.2) is 0 Å². The minimum atomic E-state index is -0.889. The van der Waals surface area contributed by atoms with E-state index >= 15 is 0 Å². The van der Waals surface area contributed by atoms with Crippen LogP contribution in [0.15, 0.2) is 18.5 Å². The first-order valence-corrected chi connectivity index (χ1v) is 5.13. The minimum Gasteiger partial charge on any atom is -0.492 e. The van der Waals surface area contributed by atoms with Crippen LogP contribution in [0.25, 0.3) is 0 Å². The Labute approximate surface area is 88.9 Å². The second-order valence-corrected chi connectivity index (χ2v) is 3.68. The van der Waals surface area contributed by atoms with Gasteiger partial charge in [-0.3, -0.25) is 4.98 Å². The summed E-state index contributed by atoms with van der Waals surface area (Å²) in [5.74, 6) is 0.690. The number of aliphatic hydroxyl groups is 1. The smallest absolute Gasteiger partial charge is 0.137 e. The van der Waals surface area contributed by atoms with Crippen molar-refractivity contribution in [3.63, 3.8) is 0 Å². The van der Waals surface area contributed by atoms with Crippen LogP contribution in [0.1, 0.15) is 18.9 Å². The summed E-state index contributed by atoms with van der Waals surface area (Å²) in [6.45, 7) is 3.44. The largest absolute Gasteiger partial charge is 0.492 e. The van der Waals surface area contributed by atoms with Gasteiger partial charge in [0, 0.05) is 24.8 Å². The van der Waals surface area contributed by atoms with E-state index in [1.807, 2.05) is 13.0 Å². The maximum atomic E-state index is 10.2. The third-order valence-corrected chi connectivity index (χ3v) is 2.56. The molecule has 1 fully saturated rings. The molecule has 0 bridgehead atoms. The lowest BCUT2D eigenvalue weighted by molar-refractivity contribution is 0.0227. The van der Waals surface area contributed by atoms with E-state index in [1.165, 1.54) is 0 Å². The van der Waals surface area contributed by atoms with Gasteiger partial charge < -0.3 is 14.6 Å². The summed E-state index contributed by atoms with van der Waals surface area (Å²) in [6, 6.07) is 1.82. The summed E-state index contributed by atoms with van der Waals surface area (Å²) in [4.78, 5) is 4.05. The third-order valence-electron chi connectivity index (χ3n) is 2.56. The maximum absolute atomic E-state index is 10.2. The Kier molecular flexibility index (Phi) is 2.88. The summed E-state index contributed by atoms with van der Waals surface area (Å²) in [7, 11) is 0. The van der Waals surface area contributed by atoms with Crippen LogP contribution in [-0.2, 0) is 10.3 Å². The molecule has 0 aliphatic carbocycles. The molecule has 4 nitrogen and oxygen atoms in total. The molecule has 82 valence electrons. The molecule has 0 radical (unpaired) electrons. The van der Waals surface area contributed by atoms with E-state index in [2.05, 4.69) is 4.98 Å². The van der Waals surface area contributed by atoms with Crippen molar-refractivity contribution in [3.8, 4) is 5.75 Å². The van der Waals surface area contributed by atoms with Crippen LogP contribution in [0.4, 0.5) is 0 Å². The number of aromatic nitrogens is 1. The average Bonchev–Trinajstić information content (AvgIpc) is 2.68. The van der Waals surface area contributed by atoms with Gasteiger partial charge in [0.25, 0.3) is 0 Å². The Morgan fingerprint density at radius 1 is 1.60 bits per heavy atom. The van der Waals surface area contributed by atoms with E-state index in [9.17, 15) is 5.11 Å². The van der Waals surface area contributed by atoms with E-state index in [1.54, 1.807) is 12.4 Å². The molecule has 15 heavy (non-hydrogen) atoms. The number of nitrogens with zero attached hydrogens (tertiary/aromatic N) is 1. The number of rotatable bonds is 3. The number of ether oxygens (including phenoxy) is 2. The van der Waals surface area contributed by atoms with E-state index in [0.29, 0.717) is 32.0 Å². The lowest BCUT2D eigenvalue weighted by Crippen LogP contribution is -2.25. The highest BCUT2D eigenvalue weighted by Gasteiger charge is 2.34. The van der Waals surface area contributed by atoms with E-state index in [0.717, 1.165) is 5.56 Å². The maximum Gasteiger partial charge on any atom is 0.137 e. The van der Waals surface area contributed by atoms with Crippen LogP contribution < -0.4 is 4.74 Å². The standard InChI is InChI=1S/C11H15NO3/c1-2-15-10-5-9(6-12-7-10)11(13)3-4-14-8-11/h5-7,13H,2-4,8H2,1H3. The van der Waals surface area contributed by atoms with Crippen molar-refractivity contribution in [2.75, 3.05) is 19.8 Å². The topological polar surface area (TPSA) is 51.6 Å². The molecule has 1 aliphatic rings. The Hall–Kier alpha value is -1.13.